The number of aryl methyl sites for hydroxylation is 1. The summed E-state index contributed by atoms with van der Waals surface area (Å²) in [6.07, 6.45) is 0.527. The van der Waals surface area contributed by atoms with Crippen molar-refractivity contribution in [2.24, 2.45) is 0 Å². The molecule has 0 radical (unpaired) electrons. The summed E-state index contributed by atoms with van der Waals surface area (Å²) < 4.78 is 20.9. The van der Waals surface area contributed by atoms with E-state index in [1.165, 1.54) is 22.9 Å². The van der Waals surface area contributed by atoms with E-state index in [9.17, 15) is 14.0 Å². The Morgan fingerprint density at radius 3 is 2.62 bits per heavy atom. The summed E-state index contributed by atoms with van der Waals surface area (Å²) >= 11 is 3.17. The number of anilines is 1. The van der Waals surface area contributed by atoms with Gasteiger partial charge in [0.05, 0.1) is 18.5 Å². The van der Waals surface area contributed by atoms with Crippen molar-refractivity contribution < 1.29 is 13.9 Å². The van der Waals surface area contributed by atoms with E-state index in [4.69, 9.17) is 4.74 Å². The van der Waals surface area contributed by atoms with Gasteiger partial charge in [0.25, 0.3) is 5.56 Å². The molecule has 0 fully saturated rings. The van der Waals surface area contributed by atoms with Crippen LogP contribution in [0.5, 0.6) is 5.75 Å². The summed E-state index contributed by atoms with van der Waals surface area (Å²) in [6, 6.07) is 14.9. The SMILES string of the molecule is COc1ccc(-c2ccc(=O)n(CCCC(=O)Nc3ccc(Br)cc3F)n2)cc1. The first-order valence-corrected chi connectivity index (χ1v) is 9.73. The molecule has 0 atom stereocenters. The van der Waals surface area contributed by atoms with Crippen LogP contribution < -0.4 is 15.6 Å². The third-order valence-corrected chi connectivity index (χ3v) is 4.72. The van der Waals surface area contributed by atoms with Crippen molar-refractivity contribution in [2.75, 3.05) is 12.4 Å². The maximum Gasteiger partial charge on any atom is 0.266 e. The second-order valence-electron chi connectivity index (χ2n) is 6.28. The van der Waals surface area contributed by atoms with Gasteiger partial charge in [0.1, 0.15) is 11.6 Å². The van der Waals surface area contributed by atoms with Crippen LogP contribution >= 0.6 is 15.9 Å². The van der Waals surface area contributed by atoms with Crippen LogP contribution in [0.2, 0.25) is 0 Å². The van der Waals surface area contributed by atoms with E-state index in [-0.39, 0.29) is 30.1 Å². The number of methoxy groups -OCH3 is 1. The topological polar surface area (TPSA) is 73.2 Å². The largest absolute Gasteiger partial charge is 0.497 e. The molecular formula is C21H19BrFN3O3. The van der Waals surface area contributed by atoms with Crippen LogP contribution in [0.3, 0.4) is 0 Å². The number of hydrogen-bond donors (Lipinski definition) is 1. The summed E-state index contributed by atoms with van der Waals surface area (Å²) in [5, 5.41) is 6.90. The van der Waals surface area contributed by atoms with Crippen LogP contribution in [0.25, 0.3) is 11.3 Å². The molecule has 2 aromatic carbocycles. The Labute approximate surface area is 175 Å². The monoisotopic (exact) mass is 459 g/mol. The summed E-state index contributed by atoms with van der Waals surface area (Å²) in [7, 11) is 1.59. The van der Waals surface area contributed by atoms with E-state index < -0.39 is 5.82 Å². The summed E-state index contributed by atoms with van der Waals surface area (Å²) in [6.45, 7) is 0.277. The quantitative estimate of drug-likeness (QED) is 0.573. The molecule has 1 amide bonds. The van der Waals surface area contributed by atoms with Crippen LogP contribution in [0.1, 0.15) is 12.8 Å². The Morgan fingerprint density at radius 1 is 1.17 bits per heavy atom. The van der Waals surface area contributed by atoms with Gasteiger partial charge in [0.15, 0.2) is 0 Å². The number of nitrogens with zero attached hydrogens (tertiary/aromatic N) is 2. The van der Waals surface area contributed by atoms with Gasteiger partial charge in [-0.25, -0.2) is 9.07 Å². The number of amides is 1. The minimum absolute atomic E-state index is 0.120. The van der Waals surface area contributed by atoms with Gasteiger partial charge in [-0.2, -0.15) is 5.10 Å². The lowest BCUT2D eigenvalue weighted by Crippen LogP contribution is -2.23. The molecule has 0 aliphatic heterocycles. The fraction of sp³-hybridized carbons (Fsp3) is 0.190. The first-order chi connectivity index (χ1) is 14.0. The van der Waals surface area contributed by atoms with Gasteiger partial charge in [-0.05, 0) is 55.0 Å². The van der Waals surface area contributed by atoms with Gasteiger partial charge in [0.2, 0.25) is 5.91 Å². The van der Waals surface area contributed by atoms with E-state index >= 15 is 0 Å². The van der Waals surface area contributed by atoms with Crippen molar-refractivity contribution >= 4 is 27.5 Å². The normalized spacial score (nSPS) is 10.6. The first-order valence-electron chi connectivity index (χ1n) is 8.94. The Balaban J connectivity index is 1.61. The van der Waals surface area contributed by atoms with Gasteiger partial charge >= 0.3 is 0 Å². The van der Waals surface area contributed by atoms with Crippen molar-refractivity contribution in [2.45, 2.75) is 19.4 Å². The minimum Gasteiger partial charge on any atom is -0.497 e. The van der Waals surface area contributed by atoms with Crippen molar-refractivity contribution in [1.82, 2.24) is 9.78 Å². The maximum atomic E-state index is 13.8. The van der Waals surface area contributed by atoms with E-state index in [2.05, 4.69) is 26.3 Å². The summed E-state index contributed by atoms with van der Waals surface area (Å²) in [4.78, 5) is 24.1. The molecule has 29 heavy (non-hydrogen) atoms. The zero-order valence-corrected chi connectivity index (χ0v) is 17.3. The number of carbonyl (C=O) groups excluding carboxylic acids is 1. The van der Waals surface area contributed by atoms with Crippen LogP contribution in [0, 0.1) is 5.82 Å². The Morgan fingerprint density at radius 2 is 1.93 bits per heavy atom. The standard InChI is InChI=1S/C21H19BrFN3O3/c1-29-16-7-4-14(5-8-16)18-10-11-21(28)26(25-18)12-2-3-20(27)24-19-9-6-15(22)13-17(19)23/h4-11,13H,2-3,12H2,1H3,(H,24,27). The average Bonchev–Trinajstić information content (AvgIpc) is 2.71. The van der Waals surface area contributed by atoms with E-state index in [0.717, 1.165) is 11.3 Å². The number of ether oxygens (including phenoxy) is 1. The van der Waals surface area contributed by atoms with Crippen molar-refractivity contribution in [1.29, 1.82) is 0 Å². The maximum absolute atomic E-state index is 13.8. The van der Waals surface area contributed by atoms with E-state index in [0.29, 0.717) is 16.6 Å². The third kappa shape index (κ3) is 5.51. The highest BCUT2D eigenvalue weighted by Gasteiger charge is 2.09. The van der Waals surface area contributed by atoms with Gasteiger partial charge in [0, 0.05) is 29.1 Å². The zero-order valence-electron chi connectivity index (χ0n) is 15.7. The molecule has 6 nitrogen and oxygen atoms in total. The Kier molecular flexibility index (Phi) is 6.77. The average molecular weight is 460 g/mol. The lowest BCUT2D eigenvalue weighted by Gasteiger charge is -2.09. The molecule has 3 rings (SSSR count). The third-order valence-electron chi connectivity index (χ3n) is 4.23. The van der Waals surface area contributed by atoms with E-state index in [1.807, 2.05) is 24.3 Å². The first kappa shape index (κ1) is 20.7. The molecule has 1 heterocycles. The molecule has 0 unspecified atom stereocenters. The van der Waals surface area contributed by atoms with Crippen LogP contribution in [-0.2, 0) is 11.3 Å². The smallest absolute Gasteiger partial charge is 0.266 e. The molecule has 1 aromatic heterocycles. The number of aromatic nitrogens is 2. The molecular weight excluding hydrogens is 441 g/mol. The van der Waals surface area contributed by atoms with Crippen molar-refractivity contribution in [3.05, 3.63) is 75.2 Å². The molecule has 0 aliphatic carbocycles. The fourth-order valence-corrected chi connectivity index (χ4v) is 3.05. The minimum atomic E-state index is -0.516. The number of benzene rings is 2. The van der Waals surface area contributed by atoms with Crippen LogP contribution in [0.15, 0.2) is 63.9 Å². The van der Waals surface area contributed by atoms with Gasteiger partial charge in [-0.1, -0.05) is 15.9 Å². The van der Waals surface area contributed by atoms with Crippen LogP contribution in [-0.4, -0.2) is 22.8 Å². The predicted molar refractivity (Wildman–Crippen MR) is 112 cm³/mol. The lowest BCUT2D eigenvalue weighted by atomic mass is 10.1. The van der Waals surface area contributed by atoms with Crippen molar-refractivity contribution in [3.63, 3.8) is 0 Å². The second kappa shape index (κ2) is 9.47. The molecule has 150 valence electrons. The molecule has 0 saturated heterocycles. The number of nitrogens with one attached hydrogen (secondary N) is 1. The summed E-state index contributed by atoms with van der Waals surface area (Å²) in [5.41, 5.74) is 1.37. The molecule has 0 bridgehead atoms. The molecule has 8 heteroatoms. The fourth-order valence-electron chi connectivity index (χ4n) is 2.72. The van der Waals surface area contributed by atoms with Gasteiger partial charge in [-0.3, -0.25) is 9.59 Å². The highest BCUT2D eigenvalue weighted by atomic mass is 79.9. The second-order valence-corrected chi connectivity index (χ2v) is 7.20. The molecule has 1 N–H and O–H groups in total. The number of hydrogen-bond acceptors (Lipinski definition) is 4. The molecule has 3 aromatic rings. The Hall–Kier alpha value is -3.00. The summed E-state index contributed by atoms with van der Waals surface area (Å²) in [5.74, 6) is -0.112. The highest BCUT2D eigenvalue weighted by molar-refractivity contribution is 9.10. The number of halogens is 2. The number of carbonyl (C=O) groups is 1. The zero-order chi connectivity index (χ0) is 20.8. The van der Waals surface area contributed by atoms with E-state index in [1.54, 1.807) is 19.2 Å². The molecule has 0 aliphatic rings. The van der Waals surface area contributed by atoms with Crippen LogP contribution in [0.4, 0.5) is 10.1 Å². The highest BCUT2D eigenvalue weighted by Crippen LogP contribution is 2.20. The lowest BCUT2D eigenvalue weighted by molar-refractivity contribution is -0.116. The van der Waals surface area contributed by atoms with Gasteiger partial charge in [-0.15, -0.1) is 0 Å². The molecule has 0 saturated carbocycles. The van der Waals surface area contributed by atoms with Gasteiger partial charge < -0.3 is 10.1 Å². The predicted octanol–water partition coefficient (Wildman–Crippen LogP) is 4.24. The molecule has 0 spiro atoms. The van der Waals surface area contributed by atoms with Crippen molar-refractivity contribution in [3.8, 4) is 17.0 Å². The number of rotatable bonds is 7. The Bertz CT molecular complexity index is 1070.